The predicted octanol–water partition coefficient (Wildman–Crippen LogP) is 4.76. The van der Waals surface area contributed by atoms with Gasteiger partial charge in [-0.1, -0.05) is 18.0 Å². The smallest absolute Gasteiger partial charge is 0.463 e. The van der Waals surface area contributed by atoms with Gasteiger partial charge in [-0.05, 0) is 43.9 Å². The van der Waals surface area contributed by atoms with Crippen LogP contribution in [0, 0.1) is 12.8 Å². The van der Waals surface area contributed by atoms with Crippen LogP contribution in [0.3, 0.4) is 0 Å². The summed E-state index contributed by atoms with van der Waals surface area (Å²) in [6, 6.07) is 5.14. The maximum absolute atomic E-state index is 11.8. The van der Waals surface area contributed by atoms with Crippen molar-refractivity contribution in [2.45, 2.75) is 32.8 Å². The second kappa shape index (κ2) is 8.51. The van der Waals surface area contributed by atoms with Crippen LogP contribution in [0.1, 0.15) is 30.5 Å². The minimum Gasteiger partial charge on any atom is -0.463 e. The molecule has 0 radical (unpaired) electrons. The quantitative estimate of drug-likeness (QED) is 0.497. The summed E-state index contributed by atoms with van der Waals surface area (Å²) in [5.74, 6) is 0.806. The molecule has 0 atom stereocenters. The molecule has 1 saturated carbocycles. The van der Waals surface area contributed by atoms with E-state index in [-0.39, 0.29) is 6.61 Å². The van der Waals surface area contributed by atoms with Gasteiger partial charge in [0.2, 0.25) is 0 Å². The largest absolute Gasteiger partial charge is 0.513 e. The number of carbonyl (C=O) groups is 2. The summed E-state index contributed by atoms with van der Waals surface area (Å²) in [6.07, 6.45) is 2.68. The highest BCUT2D eigenvalue weighted by atomic mass is 35.5. The Morgan fingerprint density at radius 1 is 1.42 bits per heavy atom. The van der Waals surface area contributed by atoms with Crippen molar-refractivity contribution >= 4 is 35.6 Å². The van der Waals surface area contributed by atoms with Gasteiger partial charge in [-0.2, -0.15) is 0 Å². The third kappa shape index (κ3) is 4.53. The lowest BCUT2D eigenvalue weighted by atomic mass is 9.86. The van der Waals surface area contributed by atoms with Crippen LogP contribution in [-0.4, -0.2) is 24.2 Å². The highest BCUT2D eigenvalue weighted by molar-refractivity contribution is 7.19. The van der Waals surface area contributed by atoms with Gasteiger partial charge in [0.1, 0.15) is 6.61 Å². The fraction of sp³-hybridized carbons (Fsp3) is 0.389. The van der Waals surface area contributed by atoms with E-state index in [2.05, 4.69) is 4.98 Å². The number of aryl methyl sites for hydroxylation is 1. The van der Waals surface area contributed by atoms with E-state index in [0.717, 1.165) is 23.3 Å². The van der Waals surface area contributed by atoms with Crippen molar-refractivity contribution in [2.24, 2.45) is 5.92 Å². The van der Waals surface area contributed by atoms with Crippen LogP contribution in [0.25, 0.3) is 10.6 Å². The Balaban J connectivity index is 1.69. The molecule has 0 amide bonds. The van der Waals surface area contributed by atoms with Gasteiger partial charge in [-0.15, -0.1) is 11.3 Å². The van der Waals surface area contributed by atoms with E-state index in [4.69, 9.17) is 25.8 Å². The van der Waals surface area contributed by atoms with Crippen molar-refractivity contribution in [3.63, 3.8) is 0 Å². The monoisotopic (exact) mass is 395 g/mol. The number of nitrogens with zero attached hydrogens (tertiary/aromatic N) is 1. The Morgan fingerprint density at radius 3 is 2.88 bits per heavy atom. The lowest BCUT2D eigenvalue weighted by molar-refractivity contribution is -0.129. The number of thiophene rings is 1. The summed E-state index contributed by atoms with van der Waals surface area (Å²) in [4.78, 5) is 27.5. The van der Waals surface area contributed by atoms with Gasteiger partial charge < -0.3 is 14.2 Å². The first-order valence-electron chi connectivity index (χ1n) is 8.23. The van der Waals surface area contributed by atoms with Crippen molar-refractivity contribution < 1.29 is 23.8 Å². The van der Waals surface area contributed by atoms with Gasteiger partial charge in [0, 0.05) is 5.56 Å². The van der Waals surface area contributed by atoms with Crippen molar-refractivity contribution in [3.8, 4) is 16.3 Å². The van der Waals surface area contributed by atoms with Crippen LogP contribution in [0.2, 0.25) is 4.34 Å². The number of rotatable bonds is 7. The molecule has 26 heavy (non-hydrogen) atoms. The standard InChI is InChI=1S/C18H18ClNO5S/c1-11-15(25-18(22)24-8-12-3-2-4-12)6-5-14(20-11)17-13(9-23-10-21)7-16(19)26-17/h5-7,10,12H,2-4,8-9H2,1H3. The first-order valence-corrected chi connectivity index (χ1v) is 9.42. The second-order valence-corrected chi connectivity index (χ2v) is 7.74. The molecular formula is C18H18ClNO5S. The van der Waals surface area contributed by atoms with E-state index in [9.17, 15) is 9.59 Å². The molecule has 3 rings (SSSR count). The molecule has 0 aliphatic heterocycles. The maximum atomic E-state index is 11.8. The maximum Gasteiger partial charge on any atom is 0.513 e. The number of carbonyl (C=O) groups excluding carboxylic acids is 2. The molecule has 0 saturated heterocycles. The third-order valence-electron chi connectivity index (χ3n) is 4.21. The van der Waals surface area contributed by atoms with E-state index in [1.807, 2.05) is 0 Å². The average molecular weight is 396 g/mol. The number of ether oxygens (including phenoxy) is 3. The first kappa shape index (κ1) is 18.7. The van der Waals surface area contributed by atoms with E-state index in [0.29, 0.717) is 40.5 Å². The normalized spacial score (nSPS) is 13.8. The van der Waals surface area contributed by atoms with E-state index < -0.39 is 6.16 Å². The van der Waals surface area contributed by atoms with Crippen LogP contribution >= 0.6 is 22.9 Å². The van der Waals surface area contributed by atoms with Crippen LogP contribution in [-0.2, 0) is 20.9 Å². The van der Waals surface area contributed by atoms with Gasteiger partial charge in [0.25, 0.3) is 6.47 Å². The van der Waals surface area contributed by atoms with Crippen LogP contribution < -0.4 is 4.74 Å². The second-order valence-electron chi connectivity index (χ2n) is 6.05. The Bertz CT molecular complexity index is 803. The number of pyridine rings is 1. The van der Waals surface area contributed by atoms with Crippen LogP contribution in [0.15, 0.2) is 18.2 Å². The van der Waals surface area contributed by atoms with Gasteiger partial charge in [0.15, 0.2) is 5.75 Å². The molecule has 2 heterocycles. The average Bonchev–Trinajstić information content (AvgIpc) is 2.94. The molecule has 0 unspecified atom stereocenters. The number of halogens is 1. The third-order valence-corrected chi connectivity index (χ3v) is 5.54. The SMILES string of the molecule is Cc1nc(-c2sc(Cl)cc2COC=O)ccc1OC(=O)OCC1CCC1. The van der Waals surface area contributed by atoms with Crippen molar-refractivity contribution in [1.29, 1.82) is 0 Å². The minimum absolute atomic E-state index is 0.120. The molecular weight excluding hydrogens is 378 g/mol. The lowest BCUT2D eigenvalue weighted by Gasteiger charge is -2.24. The van der Waals surface area contributed by atoms with E-state index >= 15 is 0 Å². The van der Waals surface area contributed by atoms with E-state index in [1.54, 1.807) is 25.1 Å². The Labute approximate surface area is 160 Å². The summed E-state index contributed by atoms with van der Waals surface area (Å²) in [5, 5.41) is 0. The Morgan fingerprint density at radius 2 is 2.23 bits per heavy atom. The van der Waals surface area contributed by atoms with Gasteiger partial charge in [-0.25, -0.2) is 9.78 Å². The fourth-order valence-electron chi connectivity index (χ4n) is 2.59. The Kier molecular flexibility index (Phi) is 6.11. The molecule has 2 aromatic heterocycles. The van der Waals surface area contributed by atoms with Gasteiger partial charge in [-0.3, -0.25) is 4.79 Å². The topological polar surface area (TPSA) is 74.7 Å². The molecule has 1 fully saturated rings. The molecule has 2 aromatic rings. The molecule has 1 aliphatic carbocycles. The highest BCUT2D eigenvalue weighted by Gasteiger charge is 2.20. The number of hydrogen-bond acceptors (Lipinski definition) is 7. The zero-order chi connectivity index (χ0) is 18.5. The number of hydrogen-bond donors (Lipinski definition) is 0. The molecule has 0 spiro atoms. The number of aromatic nitrogens is 1. The van der Waals surface area contributed by atoms with Gasteiger partial charge in [0.05, 0.1) is 27.2 Å². The summed E-state index contributed by atoms with van der Waals surface area (Å²) in [6.45, 7) is 2.65. The van der Waals surface area contributed by atoms with Gasteiger partial charge >= 0.3 is 6.16 Å². The Hall–Kier alpha value is -2.12. The van der Waals surface area contributed by atoms with Crippen LogP contribution in [0.4, 0.5) is 4.79 Å². The predicted molar refractivity (Wildman–Crippen MR) is 97.5 cm³/mol. The molecule has 0 aromatic carbocycles. The zero-order valence-corrected chi connectivity index (χ0v) is 15.8. The van der Waals surface area contributed by atoms with Crippen LogP contribution in [0.5, 0.6) is 5.75 Å². The summed E-state index contributed by atoms with van der Waals surface area (Å²) >= 11 is 7.41. The first-order chi connectivity index (χ1) is 12.6. The summed E-state index contributed by atoms with van der Waals surface area (Å²) in [7, 11) is 0. The van der Waals surface area contributed by atoms with Crippen molar-refractivity contribution in [2.75, 3.05) is 6.61 Å². The molecule has 138 valence electrons. The van der Waals surface area contributed by atoms with Crippen molar-refractivity contribution in [1.82, 2.24) is 4.98 Å². The molecule has 8 heteroatoms. The highest BCUT2D eigenvalue weighted by Crippen LogP contribution is 2.36. The summed E-state index contributed by atoms with van der Waals surface area (Å²) in [5.41, 5.74) is 1.99. The fourth-order valence-corrected chi connectivity index (χ4v) is 3.82. The summed E-state index contributed by atoms with van der Waals surface area (Å²) < 4.78 is 15.8. The lowest BCUT2D eigenvalue weighted by Crippen LogP contribution is -2.21. The minimum atomic E-state index is -0.714. The van der Waals surface area contributed by atoms with E-state index in [1.165, 1.54) is 17.8 Å². The molecule has 6 nitrogen and oxygen atoms in total. The molecule has 0 bridgehead atoms. The molecule has 0 N–H and O–H groups in total. The zero-order valence-electron chi connectivity index (χ0n) is 14.2. The van der Waals surface area contributed by atoms with Crippen molar-refractivity contribution in [3.05, 3.63) is 33.8 Å². The molecule has 1 aliphatic rings.